The van der Waals surface area contributed by atoms with E-state index < -0.39 is 0 Å². The van der Waals surface area contributed by atoms with Gasteiger partial charge >= 0.3 is 0 Å². The Labute approximate surface area is 137 Å². The van der Waals surface area contributed by atoms with Crippen molar-refractivity contribution in [1.29, 1.82) is 0 Å². The van der Waals surface area contributed by atoms with Crippen LogP contribution in [-0.2, 0) is 9.59 Å². The van der Waals surface area contributed by atoms with Crippen molar-refractivity contribution in [2.24, 2.45) is 0 Å². The molecule has 0 atom stereocenters. The van der Waals surface area contributed by atoms with Crippen molar-refractivity contribution in [3.63, 3.8) is 0 Å². The van der Waals surface area contributed by atoms with Crippen molar-refractivity contribution in [2.45, 2.75) is 0 Å². The zero-order chi connectivity index (χ0) is 16.2. The van der Waals surface area contributed by atoms with Crippen LogP contribution in [0.25, 0.3) is 16.5 Å². The summed E-state index contributed by atoms with van der Waals surface area (Å²) in [7, 11) is 0. The van der Waals surface area contributed by atoms with Gasteiger partial charge in [-0.3, -0.25) is 9.59 Å². The minimum atomic E-state index is -0.264. The molecule has 0 saturated carbocycles. The van der Waals surface area contributed by atoms with Crippen LogP contribution in [0.5, 0.6) is 0 Å². The summed E-state index contributed by atoms with van der Waals surface area (Å²) in [5, 5.41) is 2.68. The number of halogens is 1. The molecule has 1 fully saturated rings. The van der Waals surface area contributed by atoms with Crippen LogP contribution < -0.4 is 5.32 Å². The summed E-state index contributed by atoms with van der Waals surface area (Å²) in [4.78, 5) is 26.5. The van der Waals surface area contributed by atoms with E-state index in [0.29, 0.717) is 18.7 Å². The molecule has 0 unspecified atom stereocenters. The average Bonchev–Trinajstić information content (AvgIpc) is 3.02. The fourth-order valence-corrected chi connectivity index (χ4v) is 3.27. The first-order valence-electron chi connectivity index (χ1n) is 7.22. The molecule has 0 aliphatic carbocycles. The average molecular weight is 330 g/mol. The molecule has 118 valence electrons. The third-order valence-electron chi connectivity index (χ3n) is 3.51. The molecule has 23 heavy (non-hydrogen) atoms. The molecule has 2 heterocycles. The van der Waals surface area contributed by atoms with Gasteiger partial charge in [-0.25, -0.2) is 4.39 Å². The van der Waals surface area contributed by atoms with Crippen molar-refractivity contribution in [3.8, 4) is 10.4 Å². The zero-order valence-electron chi connectivity index (χ0n) is 12.3. The lowest BCUT2D eigenvalue weighted by Crippen LogP contribution is -2.49. The quantitative estimate of drug-likeness (QED) is 0.879. The molecule has 1 N–H and O–H groups in total. The van der Waals surface area contributed by atoms with Crippen LogP contribution in [0.2, 0.25) is 0 Å². The Morgan fingerprint density at radius 2 is 2.09 bits per heavy atom. The van der Waals surface area contributed by atoms with Crippen LogP contribution in [0.3, 0.4) is 0 Å². The van der Waals surface area contributed by atoms with Gasteiger partial charge in [0.15, 0.2) is 0 Å². The molecule has 2 aromatic rings. The van der Waals surface area contributed by atoms with Gasteiger partial charge in [0.2, 0.25) is 11.8 Å². The Morgan fingerprint density at radius 3 is 2.87 bits per heavy atom. The number of amides is 2. The van der Waals surface area contributed by atoms with Gasteiger partial charge in [0, 0.05) is 34.5 Å². The van der Waals surface area contributed by atoms with Gasteiger partial charge in [-0.15, -0.1) is 11.3 Å². The van der Waals surface area contributed by atoms with Crippen LogP contribution in [0.15, 0.2) is 42.5 Å². The minimum absolute atomic E-state index is 0.0914. The van der Waals surface area contributed by atoms with E-state index in [1.54, 1.807) is 24.3 Å². The Morgan fingerprint density at radius 1 is 1.26 bits per heavy atom. The maximum Gasteiger partial charge on any atom is 0.247 e. The molecule has 3 rings (SSSR count). The van der Waals surface area contributed by atoms with E-state index in [2.05, 4.69) is 5.32 Å². The molecule has 1 aromatic heterocycles. The standard InChI is InChI=1S/C17H15FN2O2S/c18-14-4-2-1-3-13(14)15-7-5-12(23-15)6-8-17(22)20-10-9-19-16(21)11-20/h1-8H,9-11H2,(H,19,21). The topological polar surface area (TPSA) is 49.4 Å². The molecular formula is C17H15FN2O2S. The largest absolute Gasteiger partial charge is 0.353 e. The molecule has 1 aliphatic heterocycles. The van der Waals surface area contributed by atoms with Gasteiger partial charge in [0.05, 0.1) is 6.54 Å². The highest BCUT2D eigenvalue weighted by atomic mass is 32.1. The smallest absolute Gasteiger partial charge is 0.247 e. The number of nitrogens with one attached hydrogen (secondary N) is 1. The van der Waals surface area contributed by atoms with Crippen LogP contribution in [0.1, 0.15) is 4.88 Å². The van der Waals surface area contributed by atoms with Crippen molar-refractivity contribution in [3.05, 3.63) is 53.2 Å². The summed E-state index contributed by atoms with van der Waals surface area (Å²) in [5.74, 6) is -0.600. The molecule has 1 aliphatic rings. The number of benzene rings is 1. The van der Waals surface area contributed by atoms with Gasteiger partial charge in [-0.05, 0) is 24.3 Å². The van der Waals surface area contributed by atoms with E-state index in [0.717, 1.165) is 9.75 Å². The lowest BCUT2D eigenvalue weighted by atomic mass is 10.2. The van der Waals surface area contributed by atoms with Gasteiger partial charge in [0.25, 0.3) is 0 Å². The monoisotopic (exact) mass is 330 g/mol. The molecule has 0 radical (unpaired) electrons. The van der Waals surface area contributed by atoms with Gasteiger partial charge in [-0.1, -0.05) is 18.2 Å². The molecule has 1 saturated heterocycles. The summed E-state index contributed by atoms with van der Waals surface area (Å²) in [5.41, 5.74) is 0.552. The highest BCUT2D eigenvalue weighted by Crippen LogP contribution is 2.30. The Hall–Kier alpha value is -2.47. The van der Waals surface area contributed by atoms with Crippen LogP contribution in [0, 0.1) is 5.82 Å². The predicted octanol–water partition coefficient (Wildman–Crippen LogP) is 2.53. The van der Waals surface area contributed by atoms with Crippen LogP contribution >= 0.6 is 11.3 Å². The molecular weight excluding hydrogens is 315 g/mol. The van der Waals surface area contributed by atoms with E-state index in [9.17, 15) is 14.0 Å². The first-order valence-corrected chi connectivity index (χ1v) is 8.03. The number of thiophene rings is 1. The second kappa shape index (κ2) is 6.75. The number of carbonyl (C=O) groups excluding carboxylic acids is 2. The predicted molar refractivity (Wildman–Crippen MR) is 88.3 cm³/mol. The van der Waals surface area contributed by atoms with Gasteiger partial charge in [0.1, 0.15) is 5.82 Å². The Balaban J connectivity index is 1.70. The van der Waals surface area contributed by atoms with Crippen LogP contribution in [-0.4, -0.2) is 36.3 Å². The normalized spacial score (nSPS) is 15.0. The summed E-state index contributed by atoms with van der Waals surface area (Å²) in [6.45, 7) is 1.09. The fraction of sp³-hybridized carbons (Fsp3) is 0.176. The van der Waals surface area contributed by atoms with Crippen molar-refractivity contribution in [1.82, 2.24) is 10.2 Å². The molecule has 0 spiro atoms. The van der Waals surface area contributed by atoms with E-state index in [4.69, 9.17) is 0 Å². The highest BCUT2D eigenvalue weighted by Gasteiger charge is 2.19. The third-order valence-corrected chi connectivity index (χ3v) is 4.59. The van der Waals surface area contributed by atoms with Gasteiger partial charge < -0.3 is 10.2 Å². The summed E-state index contributed by atoms with van der Waals surface area (Å²) < 4.78 is 13.8. The molecule has 2 amide bonds. The SMILES string of the molecule is O=C1CN(C(=O)C=Cc2ccc(-c3ccccc3F)s2)CCN1. The van der Waals surface area contributed by atoms with Crippen molar-refractivity contribution in [2.75, 3.05) is 19.6 Å². The second-order valence-corrected chi connectivity index (χ2v) is 6.24. The maximum absolute atomic E-state index is 13.8. The second-order valence-electron chi connectivity index (χ2n) is 5.12. The molecule has 6 heteroatoms. The molecule has 1 aromatic carbocycles. The van der Waals surface area contributed by atoms with Gasteiger partial charge in [-0.2, -0.15) is 0 Å². The van der Waals surface area contributed by atoms with E-state index in [1.807, 2.05) is 12.1 Å². The fourth-order valence-electron chi connectivity index (χ4n) is 2.33. The lowest BCUT2D eigenvalue weighted by molar-refractivity contribution is -0.134. The number of piperazine rings is 1. The lowest BCUT2D eigenvalue weighted by Gasteiger charge is -2.25. The van der Waals surface area contributed by atoms with Crippen molar-refractivity contribution < 1.29 is 14.0 Å². The summed E-state index contributed by atoms with van der Waals surface area (Å²) in [6, 6.07) is 10.3. The summed E-state index contributed by atoms with van der Waals surface area (Å²) in [6.07, 6.45) is 3.15. The molecule has 0 bridgehead atoms. The number of nitrogens with zero attached hydrogens (tertiary/aromatic N) is 1. The number of carbonyl (C=O) groups is 2. The first kappa shape index (κ1) is 15.4. The number of hydrogen-bond acceptors (Lipinski definition) is 3. The first-order chi connectivity index (χ1) is 11.1. The van der Waals surface area contributed by atoms with E-state index in [-0.39, 0.29) is 24.2 Å². The maximum atomic E-state index is 13.8. The van der Waals surface area contributed by atoms with E-state index >= 15 is 0 Å². The Bertz CT molecular complexity index is 769. The number of rotatable bonds is 3. The minimum Gasteiger partial charge on any atom is -0.353 e. The Kier molecular flexibility index (Phi) is 4.52. The highest BCUT2D eigenvalue weighted by molar-refractivity contribution is 7.16. The van der Waals surface area contributed by atoms with E-state index in [1.165, 1.54) is 28.4 Å². The third kappa shape index (κ3) is 3.65. The number of hydrogen-bond donors (Lipinski definition) is 1. The molecule has 4 nitrogen and oxygen atoms in total. The summed E-state index contributed by atoms with van der Waals surface area (Å²) >= 11 is 1.41. The van der Waals surface area contributed by atoms with Crippen molar-refractivity contribution >= 4 is 29.2 Å². The van der Waals surface area contributed by atoms with Crippen LogP contribution in [0.4, 0.5) is 4.39 Å². The zero-order valence-corrected chi connectivity index (χ0v) is 13.1.